The van der Waals surface area contributed by atoms with Crippen LogP contribution in [0.25, 0.3) is 0 Å². The number of hydrogen-bond acceptors (Lipinski definition) is 4. The Bertz CT molecular complexity index is 908. The van der Waals surface area contributed by atoms with Crippen molar-refractivity contribution in [3.63, 3.8) is 0 Å². The first-order chi connectivity index (χ1) is 13.1. The minimum absolute atomic E-state index is 0.127. The van der Waals surface area contributed by atoms with Crippen LogP contribution in [0.2, 0.25) is 0 Å². The van der Waals surface area contributed by atoms with Gasteiger partial charge in [-0.05, 0) is 42.2 Å². The highest BCUT2D eigenvalue weighted by atomic mass is 32.2. The lowest BCUT2D eigenvalue weighted by molar-refractivity contribution is -0.120. The zero-order chi connectivity index (χ0) is 20.9. The van der Waals surface area contributed by atoms with Gasteiger partial charge in [-0.25, -0.2) is 8.42 Å². The zero-order valence-electron chi connectivity index (χ0n) is 17.0. The molecule has 152 valence electrons. The first-order valence-electron chi connectivity index (χ1n) is 9.13. The maximum atomic E-state index is 12.6. The highest BCUT2D eigenvalue weighted by molar-refractivity contribution is 7.92. The van der Waals surface area contributed by atoms with Crippen molar-refractivity contribution in [2.75, 3.05) is 24.2 Å². The molecule has 0 fully saturated rings. The SMILES string of the molecule is COc1ccc([C@@H](C)NC(=O)CN(c2ccccc2C(C)C)S(C)(=O)=O)cc1. The minimum atomic E-state index is -3.62. The number of rotatable bonds is 8. The summed E-state index contributed by atoms with van der Waals surface area (Å²) < 4.78 is 31.1. The molecule has 0 aromatic heterocycles. The number of sulfonamides is 1. The Morgan fingerprint density at radius 2 is 1.68 bits per heavy atom. The number of amides is 1. The number of anilines is 1. The van der Waals surface area contributed by atoms with E-state index in [0.717, 1.165) is 23.1 Å². The molecule has 1 N–H and O–H groups in total. The molecule has 0 radical (unpaired) electrons. The van der Waals surface area contributed by atoms with E-state index in [1.165, 1.54) is 4.31 Å². The molecular weight excluding hydrogens is 376 g/mol. The van der Waals surface area contributed by atoms with Crippen LogP contribution in [0.3, 0.4) is 0 Å². The van der Waals surface area contributed by atoms with E-state index in [1.54, 1.807) is 19.2 Å². The smallest absolute Gasteiger partial charge is 0.241 e. The Morgan fingerprint density at radius 3 is 2.21 bits per heavy atom. The molecule has 0 unspecified atom stereocenters. The van der Waals surface area contributed by atoms with Gasteiger partial charge in [0.25, 0.3) is 0 Å². The van der Waals surface area contributed by atoms with E-state index < -0.39 is 10.0 Å². The highest BCUT2D eigenvalue weighted by Crippen LogP contribution is 2.29. The molecule has 0 bridgehead atoms. The van der Waals surface area contributed by atoms with Gasteiger partial charge in [-0.1, -0.05) is 44.2 Å². The summed E-state index contributed by atoms with van der Waals surface area (Å²) in [5.74, 6) is 0.491. The van der Waals surface area contributed by atoms with Gasteiger partial charge in [-0.2, -0.15) is 0 Å². The number of methoxy groups -OCH3 is 1. The van der Waals surface area contributed by atoms with Crippen molar-refractivity contribution >= 4 is 21.6 Å². The largest absolute Gasteiger partial charge is 0.497 e. The number of nitrogens with one attached hydrogen (secondary N) is 1. The first kappa shape index (κ1) is 21.8. The van der Waals surface area contributed by atoms with Gasteiger partial charge in [0, 0.05) is 0 Å². The molecule has 1 atom stereocenters. The molecule has 1 amide bonds. The maximum Gasteiger partial charge on any atom is 0.241 e. The third-order valence-electron chi connectivity index (χ3n) is 4.51. The highest BCUT2D eigenvalue weighted by Gasteiger charge is 2.24. The number of carbonyl (C=O) groups excluding carboxylic acids is 1. The molecule has 0 aliphatic rings. The van der Waals surface area contributed by atoms with Crippen LogP contribution in [-0.2, 0) is 14.8 Å². The summed E-state index contributed by atoms with van der Waals surface area (Å²) >= 11 is 0. The predicted molar refractivity (Wildman–Crippen MR) is 112 cm³/mol. The number of carbonyl (C=O) groups is 1. The Balaban J connectivity index is 2.20. The Kier molecular flexibility index (Phi) is 7.07. The van der Waals surface area contributed by atoms with Crippen LogP contribution >= 0.6 is 0 Å². The van der Waals surface area contributed by atoms with E-state index in [-0.39, 0.29) is 24.4 Å². The fraction of sp³-hybridized carbons (Fsp3) is 0.381. The fourth-order valence-electron chi connectivity index (χ4n) is 2.98. The Hall–Kier alpha value is -2.54. The summed E-state index contributed by atoms with van der Waals surface area (Å²) in [7, 11) is -2.03. The Labute approximate surface area is 167 Å². The average Bonchev–Trinajstić information content (AvgIpc) is 2.65. The van der Waals surface area contributed by atoms with Crippen LogP contribution in [0.15, 0.2) is 48.5 Å². The van der Waals surface area contributed by atoms with E-state index in [4.69, 9.17) is 4.74 Å². The van der Waals surface area contributed by atoms with Gasteiger partial charge in [0.15, 0.2) is 0 Å². The van der Waals surface area contributed by atoms with Crippen molar-refractivity contribution in [2.24, 2.45) is 0 Å². The molecule has 28 heavy (non-hydrogen) atoms. The number of hydrogen-bond donors (Lipinski definition) is 1. The van der Waals surface area contributed by atoms with Gasteiger partial charge in [0.05, 0.1) is 25.1 Å². The van der Waals surface area contributed by atoms with Crippen molar-refractivity contribution in [1.29, 1.82) is 0 Å². The summed E-state index contributed by atoms with van der Waals surface area (Å²) in [6.07, 6.45) is 1.12. The first-order valence-corrected chi connectivity index (χ1v) is 11.0. The molecule has 2 rings (SSSR count). The van der Waals surface area contributed by atoms with Crippen LogP contribution < -0.4 is 14.4 Å². The summed E-state index contributed by atoms with van der Waals surface area (Å²) in [6.45, 7) is 5.56. The van der Waals surface area contributed by atoms with E-state index in [9.17, 15) is 13.2 Å². The van der Waals surface area contributed by atoms with Crippen LogP contribution in [0.5, 0.6) is 5.75 Å². The standard InChI is InChI=1S/C21H28N2O4S/c1-15(2)19-8-6-7-9-20(19)23(28(5,25)26)14-21(24)22-16(3)17-10-12-18(27-4)13-11-17/h6-13,15-16H,14H2,1-5H3,(H,22,24)/t16-/m1/s1. The second-order valence-electron chi connectivity index (χ2n) is 7.05. The number of benzene rings is 2. The summed E-state index contributed by atoms with van der Waals surface area (Å²) in [6, 6.07) is 14.4. The molecule has 0 saturated heterocycles. The topological polar surface area (TPSA) is 75.7 Å². The van der Waals surface area contributed by atoms with E-state index in [2.05, 4.69) is 5.32 Å². The Morgan fingerprint density at radius 1 is 1.07 bits per heavy atom. The van der Waals surface area contributed by atoms with E-state index in [0.29, 0.717) is 5.69 Å². The molecular formula is C21H28N2O4S. The van der Waals surface area contributed by atoms with Crippen molar-refractivity contribution in [1.82, 2.24) is 5.32 Å². The summed E-state index contributed by atoms with van der Waals surface area (Å²) in [5, 5.41) is 2.87. The number of nitrogens with zero attached hydrogens (tertiary/aromatic N) is 1. The zero-order valence-corrected chi connectivity index (χ0v) is 17.8. The molecule has 7 heteroatoms. The van der Waals surface area contributed by atoms with Crippen LogP contribution in [-0.4, -0.2) is 34.2 Å². The van der Waals surface area contributed by atoms with Gasteiger partial charge < -0.3 is 10.1 Å². The molecule has 2 aromatic carbocycles. The normalized spacial score (nSPS) is 12.5. The van der Waals surface area contributed by atoms with Crippen molar-refractivity contribution < 1.29 is 17.9 Å². The summed E-state index contributed by atoms with van der Waals surface area (Å²) in [4.78, 5) is 12.6. The third-order valence-corrected chi connectivity index (χ3v) is 5.63. The molecule has 0 spiro atoms. The molecule has 0 aliphatic carbocycles. The quantitative estimate of drug-likeness (QED) is 0.731. The van der Waals surface area contributed by atoms with E-state index >= 15 is 0 Å². The van der Waals surface area contributed by atoms with Gasteiger partial charge in [-0.15, -0.1) is 0 Å². The van der Waals surface area contributed by atoms with Gasteiger partial charge >= 0.3 is 0 Å². The lowest BCUT2D eigenvalue weighted by atomic mass is 10.0. The second-order valence-corrected chi connectivity index (χ2v) is 8.95. The molecule has 0 aliphatic heterocycles. The average molecular weight is 405 g/mol. The van der Waals surface area contributed by atoms with Crippen molar-refractivity contribution in [2.45, 2.75) is 32.7 Å². The van der Waals surface area contributed by atoms with Crippen molar-refractivity contribution in [3.8, 4) is 5.75 Å². The molecule has 2 aromatic rings. The minimum Gasteiger partial charge on any atom is -0.497 e. The summed E-state index contributed by atoms with van der Waals surface area (Å²) in [5.41, 5.74) is 2.32. The number of ether oxygens (including phenoxy) is 1. The monoisotopic (exact) mass is 404 g/mol. The van der Waals surface area contributed by atoms with E-state index in [1.807, 2.05) is 57.2 Å². The van der Waals surface area contributed by atoms with Crippen LogP contribution in [0, 0.1) is 0 Å². The van der Waals surface area contributed by atoms with Gasteiger partial charge in [0.1, 0.15) is 12.3 Å². The second kappa shape index (κ2) is 9.10. The lowest BCUT2D eigenvalue weighted by Crippen LogP contribution is -2.41. The predicted octanol–water partition coefficient (Wildman–Crippen LogP) is 3.46. The molecule has 0 saturated carbocycles. The van der Waals surface area contributed by atoms with Crippen LogP contribution in [0.4, 0.5) is 5.69 Å². The number of para-hydroxylation sites is 1. The maximum absolute atomic E-state index is 12.6. The van der Waals surface area contributed by atoms with Gasteiger partial charge in [0.2, 0.25) is 15.9 Å². The third kappa shape index (κ3) is 5.48. The fourth-order valence-corrected chi connectivity index (χ4v) is 3.85. The van der Waals surface area contributed by atoms with Crippen molar-refractivity contribution in [3.05, 3.63) is 59.7 Å². The lowest BCUT2D eigenvalue weighted by Gasteiger charge is -2.26. The van der Waals surface area contributed by atoms with Crippen LogP contribution in [0.1, 0.15) is 43.9 Å². The van der Waals surface area contributed by atoms with Gasteiger partial charge in [-0.3, -0.25) is 9.10 Å². The molecule has 6 nitrogen and oxygen atoms in total. The molecule has 0 heterocycles.